The van der Waals surface area contributed by atoms with E-state index in [1.807, 2.05) is 0 Å². The Morgan fingerprint density at radius 2 is 2.25 bits per heavy atom. The van der Waals surface area contributed by atoms with E-state index in [1.165, 1.54) is 0 Å². The van der Waals surface area contributed by atoms with Gasteiger partial charge >= 0.3 is 11.9 Å². The molecule has 2 aliphatic rings. The van der Waals surface area contributed by atoms with Crippen LogP contribution in [0.25, 0.3) is 0 Å². The molecule has 1 heterocycles. The Labute approximate surface area is 94.6 Å². The smallest absolute Gasteiger partial charge is 0.330 e. The van der Waals surface area contributed by atoms with Crippen LogP contribution >= 0.6 is 0 Å². The van der Waals surface area contributed by atoms with Crippen LogP contribution in [0.4, 0.5) is 0 Å². The quantitative estimate of drug-likeness (QED) is 0.526. The van der Waals surface area contributed by atoms with Gasteiger partial charge in [0.15, 0.2) is 0 Å². The standard InChI is InChI=1S/C12H16O4/c1-2-11(13)16-10-6-7-15-12(14)9-5-3-4-8(9)10/h2,8-10H,1,3-7H2. The summed E-state index contributed by atoms with van der Waals surface area (Å²) >= 11 is 0. The third-order valence-corrected chi connectivity index (χ3v) is 3.43. The minimum Gasteiger partial charge on any atom is -0.465 e. The minimum absolute atomic E-state index is 0.0786. The number of carbonyl (C=O) groups excluding carboxylic acids is 2. The molecule has 1 saturated carbocycles. The monoisotopic (exact) mass is 224 g/mol. The number of ether oxygens (including phenoxy) is 2. The highest BCUT2D eigenvalue weighted by Crippen LogP contribution is 2.39. The summed E-state index contributed by atoms with van der Waals surface area (Å²) in [4.78, 5) is 22.8. The maximum absolute atomic E-state index is 11.6. The van der Waals surface area contributed by atoms with Crippen LogP contribution in [0.15, 0.2) is 12.7 Å². The maximum Gasteiger partial charge on any atom is 0.330 e. The topological polar surface area (TPSA) is 52.6 Å². The zero-order chi connectivity index (χ0) is 11.5. The number of hydrogen-bond donors (Lipinski definition) is 0. The number of rotatable bonds is 2. The number of hydrogen-bond acceptors (Lipinski definition) is 4. The van der Waals surface area contributed by atoms with Crippen LogP contribution in [0.2, 0.25) is 0 Å². The van der Waals surface area contributed by atoms with Crippen LogP contribution in [-0.2, 0) is 19.1 Å². The third kappa shape index (κ3) is 2.10. The molecule has 0 aromatic heterocycles. The summed E-state index contributed by atoms with van der Waals surface area (Å²) in [6.07, 6.45) is 4.38. The largest absolute Gasteiger partial charge is 0.465 e. The van der Waals surface area contributed by atoms with E-state index < -0.39 is 5.97 Å². The molecule has 0 bridgehead atoms. The van der Waals surface area contributed by atoms with Crippen LogP contribution in [0.5, 0.6) is 0 Å². The minimum atomic E-state index is -0.412. The summed E-state index contributed by atoms with van der Waals surface area (Å²) in [7, 11) is 0. The lowest BCUT2D eigenvalue weighted by molar-refractivity contribution is -0.150. The molecular weight excluding hydrogens is 208 g/mol. The van der Waals surface area contributed by atoms with E-state index >= 15 is 0 Å². The van der Waals surface area contributed by atoms with Gasteiger partial charge in [-0.25, -0.2) is 4.79 Å². The van der Waals surface area contributed by atoms with E-state index in [9.17, 15) is 9.59 Å². The highest BCUT2D eigenvalue weighted by Gasteiger charge is 2.42. The van der Waals surface area contributed by atoms with Gasteiger partial charge in [-0.3, -0.25) is 4.79 Å². The molecule has 0 amide bonds. The molecular formula is C12H16O4. The Morgan fingerprint density at radius 3 is 3.00 bits per heavy atom. The van der Waals surface area contributed by atoms with Crippen molar-refractivity contribution in [1.29, 1.82) is 0 Å². The van der Waals surface area contributed by atoms with Gasteiger partial charge < -0.3 is 9.47 Å². The van der Waals surface area contributed by atoms with Crippen molar-refractivity contribution < 1.29 is 19.1 Å². The molecule has 0 aromatic carbocycles. The number of fused-ring (bicyclic) bond motifs is 1. The Bertz CT molecular complexity index is 310. The van der Waals surface area contributed by atoms with Gasteiger partial charge in [0.25, 0.3) is 0 Å². The SMILES string of the molecule is C=CC(=O)OC1CCOC(=O)C2CCCC12. The average molecular weight is 224 g/mol. The van der Waals surface area contributed by atoms with E-state index in [1.54, 1.807) is 0 Å². The molecule has 1 aliphatic heterocycles. The Morgan fingerprint density at radius 1 is 1.44 bits per heavy atom. The molecule has 3 unspecified atom stereocenters. The van der Waals surface area contributed by atoms with E-state index in [2.05, 4.69) is 6.58 Å². The summed E-state index contributed by atoms with van der Waals surface area (Å²) in [6.45, 7) is 3.73. The first-order chi connectivity index (χ1) is 7.72. The van der Waals surface area contributed by atoms with Crippen molar-refractivity contribution in [3.8, 4) is 0 Å². The van der Waals surface area contributed by atoms with Crippen molar-refractivity contribution in [3.63, 3.8) is 0 Å². The predicted molar refractivity (Wildman–Crippen MR) is 56.5 cm³/mol. The third-order valence-electron chi connectivity index (χ3n) is 3.43. The molecule has 1 aliphatic carbocycles. The Balaban J connectivity index is 2.08. The fourth-order valence-corrected chi connectivity index (χ4v) is 2.67. The fourth-order valence-electron chi connectivity index (χ4n) is 2.67. The highest BCUT2D eigenvalue weighted by atomic mass is 16.6. The van der Waals surface area contributed by atoms with Gasteiger partial charge in [-0.1, -0.05) is 13.0 Å². The van der Waals surface area contributed by atoms with E-state index in [-0.39, 0.29) is 23.9 Å². The Kier molecular flexibility index (Phi) is 3.27. The molecule has 0 aromatic rings. The second-order valence-corrected chi connectivity index (χ2v) is 4.34. The first-order valence-electron chi connectivity index (χ1n) is 5.72. The van der Waals surface area contributed by atoms with Crippen molar-refractivity contribution >= 4 is 11.9 Å². The molecule has 4 heteroatoms. The fraction of sp³-hybridized carbons (Fsp3) is 0.667. The lowest BCUT2D eigenvalue weighted by atomic mass is 9.90. The molecule has 2 rings (SSSR count). The van der Waals surface area contributed by atoms with E-state index in [4.69, 9.17) is 9.47 Å². The molecule has 4 nitrogen and oxygen atoms in total. The van der Waals surface area contributed by atoms with Crippen molar-refractivity contribution in [2.24, 2.45) is 11.8 Å². The van der Waals surface area contributed by atoms with Gasteiger partial charge in [0.05, 0.1) is 12.5 Å². The lowest BCUT2D eigenvalue weighted by Gasteiger charge is -2.23. The highest BCUT2D eigenvalue weighted by molar-refractivity contribution is 5.81. The van der Waals surface area contributed by atoms with Gasteiger partial charge in [0.1, 0.15) is 6.10 Å². The zero-order valence-electron chi connectivity index (χ0n) is 9.19. The molecule has 1 saturated heterocycles. The van der Waals surface area contributed by atoms with Crippen LogP contribution in [0.3, 0.4) is 0 Å². The van der Waals surface area contributed by atoms with Gasteiger partial charge in [0.2, 0.25) is 0 Å². The summed E-state index contributed by atoms with van der Waals surface area (Å²) < 4.78 is 10.4. The molecule has 88 valence electrons. The average Bonchev–Trinajstić information content (AvgIpc) is 2.71. The molecule has 0 N–H and O–H groups in total. The normalized spacial score (nSPS) is 33.5. The zero-order valence-corrected chi connectivity index (χ0v) is 9.19. The summed E-state index contributed by atoms with van der Waals surface area (Å²) in [5, 5.41) is 0. The van der Waals surface area contributed by atoms with Gasteiger partial charge in [-0.2, -0.15) is 0 Å². The predicted octanol–water partition coefficient (Wildman–Crippen LogP) is 1.45. The number of cyclic esters (lactones) is 1. The summed E-state index contributed by atoms with van der Waals surface area (Å²) in [6, 6.07) is 0. The second-order valence-electron chi connectivity index (χ2n) is 4.34. The summed E-state index contributed by atoms with van der Waals surface area (Å²) in [5.41, 5.74) is 0. The molecule has 16 heavy (non-hydrogen) atoms. The van der Waals surface area contributed by atoms with Gasteiger partial charge in [0, 0.05) is 18.4 Å². The van der Waals surface area contributed by atoms with Gasteiger partial charge in [-0.15, -0.1) is 0 Å². The number of carbonyl (C=O) groups is 2. The van der Waals surface area contributed by atoms with Crippen molar-refractivity contribution in [1.82, 2.24) is 0 Å². The first kappa shape index (κ1) is 11.2. The first-order valence-corrected chi connectivity index (χ1v) is 5.72. The molecule has 2 fully saturated rings. The van der Waals surface area contributed by atoms with Crippen LogP contribution in [0, 0.1) is 11.8 Å². The maximum atomic E-state index is 11.6. The Hall–Kier alpha value is -1.32. The molecule has 0 radical (unpaired) electrons. The van der Waals surface area contributed by atoms with Crippen molar-refractivity contribution in [2.75, 3.05) is 6.61 Å². The van der Waals surface area contributed by atoms with E-state index in [0.29, 0.717) is 13.0 Å². The number of esters is 2. The van der Waals surface area contributed by atoms with Crippen molar-refractivity contribution in [3.05, 3.63) is 12.7 Å². The van der Waals surface area contributed by atoms with Crippen LogP contribution in [0.1, 0.15) is 25.7 Å². The van der Waals surface area contributed by atoms with E-state index in [0.717, 1.165) is 25.3 Å². The molecule has 3 atom stereocenters. The summed E-state index contributed by atoms with van der Waals surface area (Å²) in [5.74, 6) is -0.478. The van der Waals surface area contributed by atoms with Crippen LogP contribution < -0.4 is 0 Å². The van der Waals surface area contributed by atoms with Gasteiger partial charge in [-0.05, 0) is 12.8 Å². The van der Waals surface area contributed by atoms with Crippen molar-refractivity contribution in [2.45, 2.75) is 31.8 Å². The van der Waals surface area contributed by atoms with Crippen LogP contribution in [-0.4, -0.2) is 24.6 Å². The second kappa shape index (κ2) is 4.68. The lowest BCUT2D eigenvalue weighted by Crippen LogP contribution is -2.30. The molecule has 0 spiro atoms.